The molecule has 0 atom stereocenters. The lowest BCUT2D eigenvalue weighted by Gasteiger charge is -2.07. The molecule has 0 aliphatic heterocycles. The highest BCUT2D eigenvalue weighted by Crippen LogP contribution is 2.42. The number of benzene rings is 2. The molecule has 0 saturated heterocycles. The summed E-state index contributed by atoms with van der Waals surface area (Å²) in [5.74, 6) is 0. The van der Waals surface area contributed by atoms with Crippen LogP contribution in [0.25, 0.3) is 22.2 Å². The van der Waals surface area contributed by atoms with Gasteiger partial charge in [0.2, 0.25) is 0 Å². The Morgan fingerprint density at radius 1 is 0.957 bits per heavy atom. The smallest absolute Gasteiger partial charge is 0.258 e. The fourth-order valence-electron chi connectivity index (χ4n) is 2.68. The second-order valence-electron chi connectivity index (χ2n) is 5.20. The molecule has 9 heteroatoms. The molecule has 0 bridgehead atoms. The summed E-state index contributed by atoms with van der Waals surface area (Å²) in [5.41, 5.74) is 1.33. The number of nitrogens with one attached hydrogen (secondary N) is 1. The minimum absolute atomic E-state index is 0.00485. The van der Waals surface area contributed by atoms with Crippen LogP contribution in [-0.2, 0) is 0 Å². The van der Waals surface area contributed by atoms with Crippen molar-refractivity contribution in [2.75, 3.05) is 0 Å². The third kappa shape index (κ3) is 2.37. The largest absolute Gasteiger partial charge is 0.313 e. The van der Waals surface area contributed by atoms with Crippen LogP contribution < -0.4 is 0 Å². The average molecular weight is 313 g/mol. The van der Waals surface area contributed by atoms with E-state index in [4.69, 9.17) is 0 Å². The highest BCUT2D eigenvalue weighted by molar-refractivity contribution is 5.98. The van der Waals surface area contributed by atoms with Gasteiger partial charge in [-0.25, -0.2) is 0 Å². The molecule has 9 nitrogen and oxygen atoms in total. The Kier molecular flexibility index (Phi) is 3.25. The first-order valence-corrected chi connectivity index (χ1v) is 6.63. The third-order valence-corrected chi connectivity index (χ3v) is 3.46. The number of aryl methyl sites for hydroxylation is 2. The van der Waals surface area contributed by atoms with E-state index in [1.807, 2.05) is 19.9 Å². The van der Waals surface area contributed by atoms with E-state index in [2.05, 4.69) is 15.4 Å². The normalized spacial score (nSPS) is 10.9. The summed E-state index contributed by atoms with van der Waals surface area (Å²) in [6, 6.07) is 6.43. The van der Waals surface area contributed by atoms with Gasteiger partial charge in [0.05, 0.1) is 9.85 Å². The molecular formula is C14H11N5O4. The van der Waals surface area contributed by atoms with E-state index >= 15 is 0 Å². The minimum Gasteiger partial charge on any atom is -0.258 e. The maximum absolute atomic E-state index is 11.6. The van der Waals surface area contributed by atoms with Gasteiger partial charge < -0.3 is 0 Å². The Bertz CT molecular complexity index is 943. The molecule has 0 unspecified atom stereocenters. The van der Waals surface area contributed by atoms with Crippen molar-refractivity contribution in [3.8, 4) is 11.1 Å². The van der Waals surface area contributed by atoms with Gasteiger partial charge in [-0.15, -0.1) is 5.10 Å². The quantitative estimate of drug-likeness (QED) is 0.584. The molecule has 0 radical (unpaired) electrons. The van der Waals surface area contributed by atoms with Crippen molar-refractivity contribution >= 4 is 22.4 Å². The highest BCUT2D eigenvalue weighted by Gasteiger charge is 2.32. The number of aromatic amines is 1. The first-order chi connectivity index (χ1) is 10.9. The lowest BCUT2D eigenvalue weighted by atomic mass is 9.97. The van der Waals surface area contributed by atoms with Gasteiger partial charge in [-0.1, -0.05) is 29.3 Å². The number of fused-ring (bicyclic) bond motifs is 1. The average Bonchev–Trinajstić information content (AvgIpc) is 2.91. The molecule has 1 aromatic heterocycles. The zero-order chi connectivity index (χ0) is 16.7. The summed E-state index contributed by atoms with van der Waals surface area (Å²) in [6.45, 7) is 3.64. The van der Waals surface area contributed by atoms with E-state index in [0.29, 0.717) is 5.56 Å². The Hall–Kier alpha value is -3.36. The molecule has 1 N–H and O–H groups in total. The van der Waals surface area contributed by atoms with Gasteiger partial charge in [0, 0.05) is 6.07 Å². The van der Waals surface area contributed by atoms with Gasteiger partial charge in [-0.2, -0.15) is 10.3 Å². The van der Waals surface area contributed by atoms with Crippen LogP contribution in [0.15, 0.2) is 24.3 Å². The molecule has 2 aromatic carbocycles. The summed E-state index contributed by atoms with van der Waals surface area (Å²) in [6.07, 6.45) is 0. The number of nitro benzene ring substituents is 2. The van der Waals surface area contributed by atoms with E-state index in [1.54, 1.807) is 12.1 Å². The van der Waals surface area contributed by atoms with E-state index in [9.17, 15) is 20.2 Å². The zero-order valence-corrected chi connectivity index (χ0v) is 12.2. The van der Waals surface area contributed by atoms with Crippen LogP contribution in [0.4, 0.5) is 11.4 Å². The third-order valence-electron chi connectivity index (χ3n) is 3.46. The molecule has 3 rings (SSSR count). The van der Waals surface area contributed by atoms with Crippen LogP contribution in [0.3, 0.4) is 0 Å². The molecule has 1 heterocycles. The first-order valence-electron chi connectivity index (χ1n) is 6.63. The van der Waals surface area contributed by atoms with Crippen LogP contribution in [0.5, 0.6) is 0 Å². The molecule has 0 fully saturated rings. The van der Waals surface area contributed by atoms with Crippen LogP contribution in [0.2, 0.25) is 0 Å². The SMILES string of the molecule is Cc1cc(C)cc(-c2c([N+](=O)[O-])cc3n[nH]nc3c2[N+](=O)[O-])c1. The van der Waals surface area contributed by atoms with Crippen LogP contribution in [0, 0.1) is 34.1 Å². The molecule has 116 valence electrons. The van der Waals surface area contributed by atoms with E-state index in [-0.39, 0.29) is 22.3 Å². The van der Waals surface area contributed by atoms with Crippen LogP contribution in [-0.4, -0.2) is 25.3 Å². The minimum atomic E-state index is -0.662. The van der Waals surface area contributed by atoms with Crippen molar-refractivity contribution in [3.05, 3.63) is 55.6 Å². The molecule has 0 aliphatic carbocycles. The van der Waals surface area contributed by atoms with Crippen molar-refractivity contribution in [2.24, 2.45) is 0 Å². The van der Waals surface area contributed by atoms with Gasteiger partial charge >= 0.3 is 5.69 Å². The standard InChI is InChI=1S/C14H11N5O4/c1-7-3-8(2)5-9(4-7)12-11(18(20)21)6-10-13(16-17-15-10)14(12)19(22)23/h3-6H,1-2H3,(H,15,16,17). The molecule has 23 heavy (non-hydrogen) atoms. The van der Waals surface area contributed by atoms with Crippen molar-refractivity contribution in [1.29, 1.82) is 0 Å². The predicted octanol–water partition coefficient (Wildman–Crippen LogP) is 3.06. The van der Waals surface area contributed by atoms with Gasteiger partial charge in [0.1, 0.15) is 11.1 Å². The predicted molar refractivity (Wildman–Crippen MR) is 82.1 cm³/mol. The topological polar surface area (TPSA) is 128 Å². The van der Waals surface area contributed by atoms with E-state index in [0.717, 1.165) is 11.1 Å². The Morgan fingerprint density at radius 2 is 1.61 bits per heavy atom. The van der Waals surface area contributed by atoms with Gasteiger partial charge in [-0.3, -0.25) is 20.2 Å². The monoisotopic (exact) mass is 313 g/mol. The number of nitrogens with zero attached hydrogens (tertiary/aromatic N) is 4. The first kappa shape index (κ1) is 14.6. The lowest BCUT2D eigenvalue weighted by Crippen LogP contribution is -2.00. The number of hydrogen-bond donors (Lipinski definition) is 1. The van der Waals surface area contributed by atoms with Crippen molar-refractivity contribution in [3.63, 3.8) is 0 Å². The van der Waals surface area contributed by atoms with Crippen molar-refractivity contribution < 1.29 is 9.85 Å². The Morgan fingerprint density at radius 3 is 2.17 bits per heavy atom. The summed E-state index contributed by atoms with van der Waals surface area (Å²) >= 11 is 0. The second kappa shape index (κ2) is 5.13. The Balaban J connectivity index is 2.50. The number of nitro groups is 2. The van der Waals surface area contributed by atoms with Gasteiger partial charge in [0.15, 0.2) is 5.52 Å². The van der Waals surface area contributed by atoms with Crippen molar-refractivity contribution in [1.82, 2.24) is 15.4 Å². The fraction of sp³-hybridized carbons (Fsp3) is 0.143. The maximum atomic E-state index is 11.6. The molecule has 0 saturated carbocycles. The van der Waals surface area contributed by atoms with E-state index in [1.165, 1.54) is 6.07 Å². The van der Waals surface area contributed by atoms with Crippen LogP contribution >= 0.6 is 0 Å². The van der Waals surface area contributed by atoms with E-state index < -0.39 is 15.5 Å². The number of H-pyrrole nitrogens is 1. The summed E-state index contributed by atoms with van der Waals surface area (Å²) in [7, 11) is 0. The van der Waals surface area contributed by atoms with Crippen molar-refractivity contribution in [2.45, 2.75) is 13.8 Å². The zero-order valence-electron chi connectivity index (χ0n) is 12.2. The number of aromatic nitrogens is 3. The molecule has 0 spiro atoms. The number of rotatable bonds is 3. The second-order valence-corrected chi connectivity index (χ2v) is 5.20. The molecular weight excluding hydrogens is 302 g/mol. The molecule has 0 aliphatic rings. The number of hydrogen-bond acceptors (Lipinski definition) is 6. The van der Waals surface area contributed by atoms with Gasteiger partial charge in [-0.05, 0) is 19.4 Å². The highest BCUT2D eigenvalue weighted by atomic mass is 16.6. The summed E-state index contributed by atoms with van der Waals surface area (Å²) < 4.78 is 0. The Labute approximate surface area is 129 Å². The van der Waals surface area contributed by atoms with Gasteiger partial charge in [0.25, 0.3) is 5.69 Å². The summed E-state index contributed by atoms with van der Waals surface area (Å²) in [5, 5.41) is 32.8. The van der Waals surface area contributed by atoms with Crippen LogP contribution in [0.1, 0.15) is 11.1 Å². The fourth-order valence-corrected chi connectivity index (χ4v) is 2.68. The maximum Gasteiger partial charge on any atom is 0.313 e. The molecule has 0 amide bonds. The molecule has 3 aromatic rings. The summed E-state index contributed by atoms with van der Waals surface area (Å²) in [4.78, 5) is 21.7. The lowest BCUT2D eigenvalue weighted by molar-refractivity contribution is -0.391.